The molecule has 5 heteroatoms. The number of rotatable bonds is 2. The summed E-state index contributed by atoms with van der Waals surface area (Å²) in [7, 11) is -3.53. The highest BCUT2D eigenvalue weighted by Crippen LogP contribution is 2.21. The van der Waals surface area contributed by atoms with Gasteiger partial charge in [0.25, 0.3) is 0 Å². The fourth-order valence-electron chi connectivity index (χ4n) is 0.860. The van der Waals surface area contributed by atoms with Crippen LogP contribution in [-0.4, -0.2) is 14.2 Å². The van der Waals surface area contributed by atoms with Crippen LogP contribution in [0.15, 0.2) is 29.2 Å². The van der Waals surface area contributed by atoms with Gasteiger partial charge in [0.15, 0.2) is 9.84 Å². The van der Waals surface area contributed by atoms with Gasteiger partial charge in [-0.15, -0.1) is 0 Å². The third kappa shape index (κ3) is 2.20. The summed E-state index contributed by atoms with van der Waals surface area (Å²) in [5.41, 5.74) is 0. The van der Waals surface area contributed by atoms with E-state index in [1.165, 1.54) is 12.1 Å². The zero-order valence-electron chi connectivity index (χ0n) is 6.57. The Morgan fingerprint density at radius 2 is 2.00 bits per heavy atom. The van der Waals surface area contributed by atoms with Crippen LogP contribution in [0.25, 0.3) is 0 Å². The first kappa shape index (κ1) is 10.0. The zero-order valence-corrected chi connectivity index (χ0v) is 8.14. The summed E-state index contributed by atoms with van der Waals surface area (Å²) in [6.45, 7) is 0. The van der Waals surface area contributed by atoms with Crippen LogP contribution in [0.3, 0.4) is 0 Å². The van der Waals surface area contributed by atoms with E-state index >= 15 is 0 Å². The first-order valence-electron chi connectivity index (χ1n) is 3.42. The van der Waals surface area contributed by atoms with E-state index in [9.17, 15) is 8.42 Å². The minimum atomic E-state index is -3.53. The Kier molecular flexibility index (Phi) is 2.91. The summed E-state index contributed by atoms with van der Waals surface area (Å²) in [4.78, 5) is 0.0122. The molecule has 0 unspecified atom stereocenters. The fourth-order valence-corrected chi connectivity index (χ4v) is 2.32. The lowest BCUT2D eigenvalue weighted by molar-refractivity contribution is 0.599. The monoisotopic (exact) mass is 215 g/mol. The van der Waals surface area contributed by atoms with Crippen molar-refractivity contribution in [2.45, 2.75) is 4.90 Å². The predicted octanol–water partition coefficient (Wildman–Crippen LogP) is 1.64. The highest BCUT2D eigenvalue weighted by molar-refractivity contribution is 7.91. The van der Waals surface area contributed by atoms with Crippen LogP contribution in [-0.2, 0) is 9.84 Å². The summed E-state index contributed by atoms with van der Waals surface area (Å²) >= 11 is 5.66. The molecule has 0 spiro atoms. The average molecular weight is 216 g/mol. The first-order chi connectivity index (χ1) is 6.08. The number of hydrogen-bond donors (Lipinski definition) is 0. The lowest BCUT2D eigenvalue weighted by Crippen LogP contribution is -2.05. The van der Waals surface area contributed by atoms with Gasteiger partial charge in [0, 0.05) is 0 Å². The molecule has 0 amide bonds. The van der Waals surface area contributed by atoms with Crippen molar-refractivity contribution < 1.29 is 8.42 Å². The van der Waals surface area contributed by atoms with E-state index in [1.54, 1.807) is 18.2 Å². The van der Waals surface area contributed by atoms with Crippen molar-refractivity contribution >= 4 is 21.4 Å². The van der Waals surface area contributed by atoms with Crippen LogP contribution in [0.5, 0.6) is 0 Å². The molecule has 0 aromatic heterocycles. The molecule has 0 aliphatic rings. The van der Waals surface area contributed by atoms with Gasteiger partial charge in [0.05, 0.1) is 16.0 Å². The standard InChI is InChI=1S/C8H6ClNO2S/c9-7-3-1-2-4-8(7)13(11,12)6-5-10/h1-4H,6H2. The van der Waals surface area contributed by atoms with Crippen molar-refractivity contribution in [1.29, 1.82) is 5.26 Å². The van der Waals surface area contributed by atoms with E-state index in [0.29, 0.717) is 0 Å². The van der Waals surface area contributed by atoms with Crippen LogP contribution < -0.4 is 0 Å². The highest BCUT2D eigenvalue weighted by Gasteiger charge is 2.16. The molecular weight excluding hydrogens is 210 g/mol. The maximum Gasteiger partial charge on any atom is 0.193 e. The van der Waals surface area contributed by atoms with Crippen molar-refractivity contribution in [1.82, 2.24) is 0 Å². The third-order valence-electron chi connectivity index (χ3n) is 1.43. The number of nitriles is 1. The molecule has 1 aromatic carbocycles. The normalized spacial score (nSPS) is 10.8. The van der Waals surface area contributed by atoms with Crippen molar-refractivity contribution in [3.8, 4) is 6.07 Å². The molecular formula is C8H6ClNO2S. The minimum absolute atomic E-state index is 0.0122. The Balaban J connectivity index is 3.25. The number of halogens is 1. The Labute approximate surface area is 81.5 Å². The van der Waals surface area contributed by atoms with Gasteiger partial charge in [-0.3, -0.25) is 0 Å². The summed E-state index contributed by atoms with van der Waals surface area (Å²) in [6, 6.07) is 7.65. The molecule has 13 heavy (non-hydrogen) atoms. The Hall–Kier alpha value is -1.05. The number of nitrogens with zero attached hydrogens (tertiary/aromatic N) is 1. The van der Waals surface area contributed by atoms with Crippen LogP contribution in [0, 0.1) is 11.3 Å². The molecule has 0 saturated carbocycles. The van der Waals surface area contributed by atoms with Gasteiger partial charge in [0.1, 0.15) is 5.75 Å². The lowest BCUT2D eigenvalue weighted by atomic mass is 10.4. The summed E-state index contributed by atoms with van der Waals surface area (Å²) in [5, 5.41) is 8.43. The summed E-state index contributed by atoms with van der Waals surface area (Å²) in [6.07, 6.45) is 0. The van der Waals surface area contributed by atoms with Gasteiger partial charge in [-0.25, -0.2) is 8.42 Å². The predicted molar refractivity (Wildman–Crippen MR) is 49.1 cm³/mol. The molecule has 0 N–H and O–H groups in total. The maximum atomic E-state index is 11.3. The molecule has 1 rings (SSSR count). The molecule has 0 fully saturated rings. The SMILES string of the molecule is N#CCS(=O)(=O)c1ccccc1Cl. The molecule has 0 aliphatic carbocycles. The van der Waals surface area contributed by atoms with Crippen LogP contribution in [0.1, 0.15) is 0 Å². The Morgan fingerprint density at radius 3 is 2.54 bits per heavy atom. The molecule has 0 saturated heterocycles. The molecule has 1 aromatic rings. The van der Waals surface area contributed by atoms with Crippen LogP contribution in [0.2, 0.25) is 5.02 Å². The van der Waals surface area contributed by atoms with Crippen molar-refractivity contribution in [3.63, 3.8) is 0 Å². The van der Waals surface area contributed by atoms with E-state index in [1.807, 2.05) is 0 Å². The second-order valence-corrected chi connectivity index (χ2v) is 4.71. The number of hydrogen-bond acceptors (Lipinski definition) is 3. The molecule has 0 bridgehead atoms. The van der Waals surface area contributed by atoms with Gasteiger partial charge < -0.3 is 0 Å². The molecule has 0 heterocycles. The Bertz CT molecular complexity index is 447. The lowest BCUT2D eigenvalue weighted by Gasteiger charge is -2.00. The molecule has 68 valence electrons. The van der Waals surface area contributed by atoms with E-state index in [4.69, 9.17) is 16.9 Å². The molecule has 0 aliphatic heterocycles. The highest BCUT2D eigenvalue weighted by atomic mass is 35.5. The Morgan fingerprint density at radius 1 is 1.38 bits per heavy atom. The topological polar surface area (TPSA) is 57.9 Å². The quantitative estimate of drug-likeness (QED) is 0.754. The van der Waals surface area contributed by atoms with Gasteiger partial charge in [-0.1, -0.05) is 23.7 Å². The average Bonchev–Trinajstić information content (AvgIpc) is 2.04. The van der Waals surface area contributed by atoms with Gasteiger partial charge >= 0.3 is 0 Å². The van der Waals surface area contributed by atoms with Crippen molar-refractivity contribution in [3.05, 3.63) is 29.3 Å². The largest absolute Gasteiger partial charge is 0.223 e. The number of benzene rings is 1. The van der Waals surface area contributed by atoms with Crippen LogP contribution in [0.4, 0.5) is 0 Å². The third-order valence-corrected chi connectivity index (χ3v) is 3.40. The summed E-state index contributed by atoms with van der Waals surface area (Å²) < 4.78 is 22.7. The van der Waals surface area contributed by atoms with Gasteiger partial charge in [-0.05, 0) is 12.1 Å². The van der Waals surface area contributed by atoms with E-state index in [-0.39, 0.29) is 9.92 Å². The maximum absolute atomic E-state index is 11.3. The van der Waals surface area contributed by atoms with Crippen molar-refractivity contribution in [2.24, 2.45) is 0 Å². The zero-order chi connectivity index (χ0) is 9.90. The smallest absolute Gasteiger partial charge is 0.193 e. The fraction of sp³-hybridized carbons (Fsp3) is 0.125. The minimum Gasteiger partial charge on any atom is -0.223 e. The second kappa shape index (κ2) is 3.77. The molecule has 0 radical (unpaired) electrons. The van der Waals surface area contributed by atoms with E-state index in [0.717, 1.165) is 0 Å². The van der Waals surface area contributed by atoms with Gasteiger partial charge in [-0.2, -0.15) is 5.26 Å². The number of sulfone groups is 1. The van der Waals surface area contributed by atoms with E-state index < -0.39 is 15.6 Å². The molecule has 0 atom stereocenters. The van der Waals surface area contributed by atoms with Crippen molar-refractivity contribution in [2.75, 3.05) is 5.75 Å². The van der Waals surface area contributed by atoms with Gasteiger partial charge in [0.2, 0.25) is 0 Å². The van der Waals surface area contributed by atoms with E-state index in [2.05, 4.69) is 0 Å². The second-order valence-electron chi connectivity index (χ2n) is 2.35. The van der Waals surface area contributed by atoms with Crippen LogP contribution >= 0.6 is 11.6 Å². The first-order valence-corrected chi connectivity index (χ1v) is 5.45. The summed E-state index contributed by atoms with van der Waals surface area (Å²) in [5.74, 6) is -0.545. The molecule has 3 nitrogen and oxygen atoms in total.